The maximum absolute atomic E-state index is 12.9. The van der Waals surface area contributed by atoms with Crippen LogP contribution in [0.5, 0.6) is 11.5 Å². The van der Waals surface area contributed by atoms with E-state index >= 15 is 0 Å². The molecule has 0 radical (unpaired) electrons. The van der Waals surface area contributed by atoms with E-state index in [4.69, 9.17) is 20.6 Å². The molecule has 3 atom stereocenters. The van der Waals surface area contributed by atoms with E-state index < -0.39 is 23.8 Å². The summed E-state index contributed by atoms with van der Waals surface area (Å²) >= 11 is 0. The molecule has 2 aromatic rings. The number of benzene rings is 2. The summed E-state index contributed by atoms with van der Waals surface area (Å²) in [6.45, 7) is 0.477. The summed E-state index contributed by atoms with van der Waals surface area (Å²) in [6.07, 6.45) is 1.69. The quantitative estimate of drug-likeness (QED) is 0.300. The number of nitrogens with two attached hydrogens (primary N) is 1. The number of hydrogen-bond acceptors (Lipinski definition) is 5. The number of carbonyl (C=O) groups is 2. The van der Waals surface area contributed by atoms with Crippen molar-refractivity contribution in [3.05, 3.63) is 60.7 Å². The molecule has 1 saturated carbocycles. The van der Waals surface area contributed by atoms with E-state index in [1.807, 2.05) is 12.1 Å². The zero-order valence-electron chi connectivity index (χ0n) is 16.0. The smallest absolute Gasteiger partial charge is 0.315 e. The van der Waals surface area contributed by atoms with Gasteiger partial charge in [0.05, 0.1) is 11.8 Å². The fourth-order valence-corrected chi connectivity index (χ4v) is 3.60. The molecule has 3 unspecified atom stereocenters. The molecular formula is C22H25N3O4. The van der Waals surface area contributed by atoms with E-state index in [1.54, 1.807) is 48.5 Å². The first-order valence-electron chi connectivity index (χ1n) is 9.64. The maximum atomic E-state index is 12.9. The molecule has 0 heterocycles. The molecule has 0 aromatic heterocycles. The van der Waals surface area contributed by atoms with Crippen LogP contribution in [0.25, 0.3) is 0 Å². The molecule has 4 N–H and O–H groups in total. The molecule has 7 heteroatoms. The lowest BCUT2D eigenvalue weighted by Crippen LogP contribution is -2.43. The standard InChI is InChI=1S/C22H25N3O4/c23-22(24)25-14-15-11-12-18(20(26)28-16-7-3-1-4-8-16)19(13-15)21(27)29-17-9-5-2-6-10-17/h1-10,15,18-19H,11-14H2,(H4,23,24,25). The van der Waals surface area contributed by atoms with Gasteiger partial charge in [-0.25, -0.2) is 0 Å². The Labute approximate surface area is 169 Å². The average Bonchev–Trinajstić information content (AvgIpc) is 2.73. The number of hydrogen-bond donors (Lipinski definition) is 3. The first kappa shape index (κ1) is 20.4. The van der Waals surface area contributed by atoms with Crippen LogP contribution in [0.2, 0.25) is 0 Å². The van der Waals surface area contributed by atoms with Gasteiger partial charge in [-0.05, 0) is 49.4 Å². The van der Waals surface area contributed by atoms with Crippen LogP contribution >= 0.6 is 0 Å². The Bertz CT molecular complexity index is 842. The van der Waals surface area contributed by atoms with Gasteiger partial charge in [0, 0.05) is 6.54 Å². The fraction of sp³-hybridized carbons (Fsp3) is 0.318. The minimum atomic E-state index is -0.626. The number of para-hydroxylation sites is 2. The second-order valence-electron chi connectivity index (χ2n) is 7.15. The summed E-state index contributed by atoms with van der Waals surface area (Å²) < 4.78 is 11.0. The molecule has 2 aromatic carbocycles. The second kappa shape index (κ2) is 9.73. The molecule has 29 heavy (non-hydrogen) atoms. The Morgan fingerprint density at radius 2 is 1.41 bits per heavy atom. The molecule has 0 saturated heterocycles. The van der Waals surface area contributed by atoms with Crippen molar-refractivity contribution in [2.75, 3.05) is 6.54 Å². The molecule has 0 aliphatic heterocycles. The zero-order valence-corrected chi connectivity index (χ0v) is 16.0. The van der Waals surface area contributed by atoms with Gasteiger partial charge in [0.2, 0.25) is 0 Å². The second-order valence-corrected chi connectivity index (χ2v) is 7.15. The number of esters is 2. The van der Waals surface area contributed by atoms with Gasteiger partial charge in [0.15, 0.2) is 5.96 Å². The van der Waals surface area contributed by atoms with Gasteiger partial charge < -0.3 is 20.5 Å². The molecule has 0 amide bonds. The molecule has 152 valence electrons. The summed E-state index contributed by atoms with van der Waals surface area (Å²) in [5.74, 6) is -1.20. The zero-order chi connectivity index (χ0) is 20.6. The summed E-state index contributed by atoms with van der Waals surface area (Å²) in [7, 11) is 0. The Morgan fingerprint density at radius 1 is 0.897 bits per heavy atom. The van der Waals surface area contributed by atoms with E-state index in [9.17, 15) is 9.59 Å². The van der Waals surface area contributed by atoms with Crippen molar-refractivity contribution in [3.63, 3.8) is 0 Å². The Hall–Kier alpha value is -3.35. The van der Waals surface area contributed by atoms with Crippen molar-refractivity contribution in [1.29, 1.82) is 5.41 Å². The normalized spacial score (nSPS) is 21.0. The summed E-state index contributed by atoms with van der Waals surface area (Å²) in [4.78, 5) is 25.7. The van der Waals surface area contributed by atoms with Gasteiger partial charge in [-0.3, -0.25) is 15.0 Å². The highest BCUT2D eigenvalue weighted by molar-refractivity contribution is 5.84. The molecular weight excluding hydrogens is 370 g/mol. The minimum absolute atomic E-state index is 0.105. The largest absolute Gasteiger partial charge is 0.426 e. The summed E-state index contributed by atoms with van der Waals surface area (Å²) in [5.41, 5.74) is 5.37. The van der Waals surface area contributed by atoms with E-state index in [2.05, 4.69) is 5.32 Å². The number of ether oxygens (including phenoxy) is 2. The van der Waals surface area contributed by atoms with Crippen molar-refractivity contribution >= 4 is 17.9 Å². The third-order valence-corrected chi connectivity index (χ3v) is 5.07. The highest BCUT2D eigenvalue weighted by atomic mass is 16.5. The SMILES string of the molecule is N=C(N)NCC1CCC(C(=O)Oc2ccccc2)C(C(=O)Oc2ccccc2)C1. The molecule has 7 nitrogen and oxygen atoms in total. The van der Waals surface area contributed by atoms with Crippen LogP contribution in [0, 0.1) is 23.2 Å². The van der Waals surface area contributed by atoms with E-state index in [-0.39, 0.29) is 11.9 Å². The molecule has 0 bridgehead atoms. The highest BCUT2D eigenvalue weighted by Crippen LogP contribution is 2.36. The first-order valence-corrected chi connectivity index (χ1v) is 9.64. The fourth-order valence-electron chi connectivity index (χ4n) is 3.60. The predicted octanol–water partition coefficient (Wildman–Crippen LogP) is 2.71. The first-order chi connectivity index (χ1) is 14.0. The topological polar surface area (TPSA) is 115 Å². The van der Waals surface area contributed by atoms with Crippen LogP contribution in [0.4, 0.5) is 0 Å². The third kappa shape index (κ3) is 5.81. The minimum Gasteiger partial charge on any atom is -0.426 e. The van der Waals surface area contributed by atoms with Crippen molar-refractivity contribution < 1.29 is 19.1 Å². The van der Waals surface area contributed by atoms with E-state index in [0.29, 0.717) is 30.9 Å². The third-order valence-electron chi connectivity index (χ3n) is 5.07. The van der Waals surface area contributed by atoms with Gasteiger partial charge in [0.1, 0.15) is 11.5 Å². The molecule has 1 fully saturated rings. The predicted molar refractivity (Wildman–Crippen MR) is 108 cm³/mol. The maximum Gasteiger partial charge on any atom is 0.315 e. The van der Waals surface area contributed by atoms with Gasteiger partial charge in [0.25, 0.3) is 0 Å². The lowest BCUT2D eigenvalue weighted by atomic mass is 9.74. The summed E-state index contributed by atoms with van der Waals surface area (Å²) in [5, 5.41) is 10.1. The Kier molecular flexibility index (Phi) is 6.84. The van der Waals surface area contributed by atoms with Crippen molar-refractivity contribution in [1.82, 2.24) is 5.32 Å². The molecule has 1 aliphatic rings. The number of rotatable bonds is 6. The number of carbonyl (C=O) groups excluding carboxylic acids is 2. The molecule has 0 spiro atoms. The Morgan fingerprint density at radius 3 is 1.93 bits per heavy atom. The monoisotopic (exact) mass is 395 g/mol. The van der Waals surface area contributed by atoms with Crippen LogP contribution in [0.15, 0.2) is 60.7 Å². The van der Waals surface area contributed by atoms with Crippen LogP contribution in [0.1, 0.15) is 19.3 Å². The number of guanidine groups is 1. The average molecular weight is 395 g/mol. The van der Waals surface area contributed by atoms with Crippen LogP contribution < -0.4 is 20.5 Å². The van der Waals surface area contributed by atoms with Crippen molar-refractivity contribution in [2.24, 2.45) is 23.5 Å². The number of nitrogens with one attached hydrogen (secondary N) is 2. The van der Waals surface area contributed by atoms with Crippen LogP contribution in [0.3, 0.4) is 0 Å². The van der Waals surface area contributed by atoms with Crippen LogP contribution in [-0.2, 0) is 9.59 Å². The van der Waals surface area contributed by atoms with E-state index in [0.717, 1.165) is 6.42 Å². The molecule has 3 rings (SSSR count). The van der Waals surface area contributed by atoms with Crippen molar-refractivity contribution in [2.45, 2.75) is 19.3 Å². The van der Waals surface area contributed by atoms with Gasteiger partial charge in [-0.2, -0.15) is 0 Å². The highest BCUT2D eigenvalue weighted by Gasteiger charge is 2.41. The van der Waals surface area contributed by atoms with Crippen molar-refractivity contribution in [3.8, 4) is 11.5 Å². The van der Waals surface area contributed by atoms with Gasteiger partial charge in [-0.15, -0.1) is 0 Å². The lowest BCUT2D eigenvalue weighted by Gasteiger charge is -2.33. The molecule has 1 aliphatic carbocycles. The summed E-state index contributed by atoms with van der Waals surface area (Å²) in [6, 6.07) is 17.6. The Balaban J connectivity index is 1.72. The van der Waals surface area contributed by atoms with Gasteiger partial charge >= 0.3 is 11.9 Å². The van der Waals surface area contributed by atoms with Crippen LogP contribution in [-0.4, -0.2) is 24.4 Å². The van der Waals surface area contributed by atoms with E-state index in [1.165, 1.54) is 0 Å². The van der Waals surface area contributed by atoms with Gasteiger partial charge in [-0.1, -0.05) is 36.4 Å². The lowest BCUT2D eigenvalue weighted by molar-refractivity contribution is -0.153.